The minimum absolute atomic E-state index is 0.689. The third-order valence-electron chi connectivity index (χ3n) is 3.00. The zero-order valence-corrected chi connectivity index (χ0v) is 10.6. The van der Waals surface area contributed by atoms with E-state index in [0.29, 0.717) is 5.02 Å². The molecular formula is C14H13ClN2O. The Balaban J connectivity index is 1.72. The standard InChI is InChI=1S/C14H13ClN2O/c15-12-3-5-16-9-13(12)17-8-10-1-2-14-11(7-10)4-6-18-14/h1-3,5,7,9,17H,4,6,8H2. The molecule has 1 aromatic heterocycles. The molecule has 3 nitrogen and oxygen atoms in total. The molecule has 0 radical (unpaired) electrons. The fourth-order valence-electron chi connectivity index (χ4n) is 2.05. The lowest BCUT2D eigenvalue weighted by molar-refractivity contribution is 0.357. The highest BCUT2D eigenvalue weighted by atomic mass is 35.5. The van der Waals surface area contributed by atoms with Crippen molar-refractivity contribution in [3.05, 3.63) is 52.8 Å². The number of aromatic nitrogens is 1. The smallest absolute Gasteiger partial charge is 0.122 e. The molecule has 0 aliphatic carbocycles. The molecular weight excluding hydrogens is 248 g/mol. The van der Waals surface area contributed by atoms with Crippen molar-refractivity contribution in [2.24, 2.45) is 0 Å². The Hall–Kier alpha value is -1.74. The summed E-state index contributed by atoms with van der Waals surface area (Å²) in [5, 5.41) is 3.97. The Morgan fingerprint density at radius 1 is 1.33 bits per heavy atom. The van der Waals surface area contributed by atoms with E-state index in [9.17, 15) is 0 Å². The Morgan fingerprint density at radius 2 is 2.28 bits per heavy atom. The van der Waals surface area contributed by atoms with Crippen molar-refractivity contribution in [2.45, 2.75) is 13.0 Å². The van der Waals surface area contributed by atoms with Gasteiger partial charge in [0.05, 0.1) is 23.5 Å². The summed E-state index contributed by atoms with van der Waals surface area (Å²) in [6, 6.07) is 8.06. The minimum Gasteiger partial charge on any atom is -0.493 e. The molecule has 4 heteroatoms. The van der Waals surface area contributed by atoms with E-state index in [1.54, 1.807) is 18.5 Å². The molecule has 0 amide bonds. The molecule has 0 saturated carbocycles. The number of nitrogens with zero attached hydrogens (tertiary/aromatic N) is 1. The number of rotatable bonds is 3. The molecule has 0 spiro atoms. The molecule has 1 aliphatic heterocycles. The monoisotopic (exact) mass is 260 g/mol. The predicted molar refractivity (Wildman–Crippen MR) is 72.2 cm³/mol. The number of nitrogens with one attached hydrogen (secondary N) is 1. The summed E-state index contributed by atoms with van der Waals surface area (Å²) < 4.78 is 5.48. The second-order valence-corrected chi connectivity index (χ2v) is 4.66. The molecule has 1 N–H and O–H groups in total. The van der Waals surface area contributed by atoms with Crippen molar-refractivity contribution in [1.82, 2.24) is 4.98 Å². The van der Waals surface area contributed by atoms with Gasteiger partial charge in [-0.15, -0.1) is 0 Å². The average molecular weight is 261 g/mol. The maximum Gasteiger partial charge on any atom is 0.122 e. The van der Waals surface area contributed by atoms with E-state index >= 15 is 0 Å². The third kappa shape index (κ3) is 2.27. The fourth-order valence-corrected chi connectivity index (χ4v) is 2.23. The molecule has 0 fully saturated rings. The first-order valence-electron chi connectivity index (χ1n) is 5.91. The first kappa shape index (κ1) is 11.4. The summed E-state index contributed by atoms with van der Waals surface area (Å²) in [5.74, 6) is 1.01. The Morgan fingerprint density at radius 3 is 3.17 bits per heavy atom. The SMILES string of the molecule is Clc1ccncc1NCc1ccc2c(c1)CCO2. The van der Waals surface area contributed by atoms with E-state index < -0.39 is 0 Å². The van der Waals surface area contributed by atoms with Crippen molar-refractivity contribution in [2.75, 3.05) is 11.9 Å². The van der Waals surface area contributed by atoms with Crippen LogP contribution in [0.3, 0.4) is 0 Å². The summed E-state index contributed by atoms with van der Waals surface area (Å²) >= 11 is 6.06. The Kier molecular flexibility index (Phi) is 3.07. The lowest BCUT2D eigenvalue weighted by Crippen LogP contribution is -2.00. The van der Waals surface area contributed by atoms with Crippen LogP contribution < -0.4 is 10.1 Å². The van der Waals surface area contributed by atoms with E-state index in [4.69, 9.17) is 16.3 Å². The van der Waals surface area contributed by atoms with Gasteiger partial charge in [-0.05, 0) is 23.3 Å². The minimum atomic E-state index is 0.689. The summed E-state index contributed by atoms with van der Waals surface area (Å²) in [7, 11) is 0. The van der Waals surface area contributed by atoms with Crippen molar-refractivity contribution < 1.29 is 4.74 Å². The largest absolute Gasteiger partial charge is 0.493 e. The topological polar surface area (TPSA) is 34.2 Å². The van der Waals surface area contributed by atoms with Gasteiger partial charge in [0.25, 0.3) is 0 Å². The summed E-state index contributed by atoms with van der Waals surface area (Å²) in [5.41, 5.74) is 3.36. The quantitative estimate of drug-likeness (QED) is 0.920. The maximum atomic E-state index is 6.06. The lowest BCUT2D eigenvalue weighted by Gasteiger charge is -2.08. The van der Waals surface area contributed by atoms with Crippen LogP contribution >= 0.6 is 11.6 Å². The number of hydrogen-bond donors (Lipinski definition) is 1. The molecule has 0 bridgehead atoms. The molecule has 2 heterocycles. The van der Waals surface area contributed by atoms with E-state index in [1.807, 2.05) is 6.07 Å². The zero-order valence-electron chi connectivity index (χ0n) is 9.82. The van der Waals surface area contributed by atoms with Gasteiger partial charge < -0.3 is 10.1 Å². The van der Waals surface area contributed by atoms with Crippen LogP contribution in [-0.2, 0) is 13.0 Å². The number of benzene rings is 1. The molecule has 0 atom stereocenters. The molecule has 92 valence electrons. The second kappa shape index (κ2) is 4.86. The number of pyridine rings is 1. The van der Waals surface area contributed by atoms with Crippen LogP contribution in [-0.4, -0.2) is 11.6 Å². The van der Waals surface area contributed by atoms with E-state index in [-0.39, 0.29) is 0 Å². The van der Waals surface area contributed by atoms with Gasteiger partial charge in [-0.1, -0.05) is 23.7 Å². The molecule has 18 heavy (non-hydrogen) atoms. The van der Waals surface area contributed by atoms with E-state index in [0.717, 1.165) is 31.0 Å². The van der Waals surface area contributed by atoms with Gasteiger partial charge >= 0.3 is 0 Å². The average Bonchev–Trinajstić information content (AvgIpc) is 2.85. The van der Waals surface area contributed by atoms with Crippen LogP contribution in [0.2, 0.25) is 5.02 Å². The van der Waals surface area contributed by atoms with Gasteiger partial charge in [0, 0.05) is 19.2 Å². The number of ether oxygens (including phenoxy) is 1. The van der Waals surface area contributed by atoms with E-state index in [1.165, 1.54) is 11.1 Å². The van der Waals surface area contributed by atoms with Gasteiger partial charge in [0.15, 0.2) is 0 Å². The third-order valence-corrected chi connectivity index (χ3v) is 3.33. The number of anilines is 1. The lowest BCUT2D eigenvalue weighted by atomic mass is 10.1. The summed E-state index contributed by atoms with van der Waals surface area (Å²) in [6.07, 6.45) is 4.41. The van der Waals surface area contributed by atoms with E-state index in [2.05, 4.69) is 22.4 Å². The van der Waals surface area contributed by atoms with Crippen LogP contribution in [0.25, 0.3) is 0 Å². The van der Waals surface area contributed by atoms with Gasteiger partial charge in [0.1, 0.15) is 5.75 Å². The maximum absolute atomic E-state index is 6.06. The zero-order chi connectivity index (χ0) is 12.4. The van der Waals surface area contributed by atoms with Crippen LogP contribution in [0, 0.1) is 0 Å². The van der Waals surface area contributed by atoms with Crippen molar-refractivity contribution >= 4 is 17.3 Å². The summed E-state index contributed by atoms with van der Waals surface area (Å²) in [6.45, 7) is 1.53. The Labute approximate surface area is 111 Å². The number of fused-ring (bicyclic) bond motifs is 1. The molecule has 2 aromatic rings. The second-order valence-electron chi connectivity index (χ2n) is 4.25. The van der Waals surface area contributed by atoms with Crippen LogP contribution in [0.4, 0.5) is 5.69 Å². The first-order valence-corrected chi connectivity index (χ1v) is 6.29. The molecule has 0 saturated heterocycles. The highest BCUT2D eigenvalue weighted by Gasteiger charge is 2.11. The van der Waals surface area contributed by atoms with Crippen LogP contribution in [0.5, 0.6) is 5.75 Å². The highest BCUT2D eigenvalue weighted by Crippen LogP contribution is 2.26. The van der Waals surface area contributed by atoms with Gasteiger partial charge in [-0.25, -0.2) is 0 Å². The predicted octanol–water partition coefficient (Wildman–Crippen LogP) is 3.28. The number of halogens is 1. The van der Waals surface area contributed by atoms with Gasteiger partial charge in [0.2, 0.25) is 0 Å². The molecule has 3 rings (SSSR count). The first-order chi connectivity index (χ1) is 8.83. The van der Waals surface area contributed by atoms with Crippen LogP contribution in [0.15, 0.2) is 36.7 Å². The Bertz CT molecular complexity index is 571. The van der Waals surface area contributed by atoms with Gasteiger partial charge in [-0.2, -0.15) is 0 Å². The van der Waals surface area contributed by atoms with Crippen molar-refractivity contribution in [3.63, 3.8) is 0 Å². The molecule has 1 aliphatic rings. The normalized spacial score (nSPS) is 12.9. The molecule has 1 aromatic carbocycles. The van der Waals surface area contributed by atoms with Gasteiger partial charge in [-0.3, -0.25) is 4.98 Å². The highest BCUT2D eigenvalue weighted by molar-refractivity contribution is 6.33. The fraction of sp³-hybridized carbons (Fsp3) is 0.214. The summed E-state index contributed by atoms with van der Waals surface area (Å²) in [4.78, 5) is 4.05. The van der Waals surface area contributed by atoms with Crippen molar-refractivity contribution in [3.8, 4) is 5.75 Å². The number of hydrogen-bond acceptors (Lipinski definition) is 3. The van der Waals surface area contributed by atoms with Crippen LogP contribution in [0.1, 0.15) is 11.1 Å². The molecule has 0 unspecified atom stereocenters. The van der Waals surface area contributed by atoms with Crippen molar-refractivity contribution in [1.29, 1.82) is 0 Å².